The van der Waals surface area contributed by atoms with Crippen LogP contribution in [0.2, 0.25) is 0 Å². The molecule has 0 unspecified atom stereocenters. The Bertz CT molecular complexity index is 748. The van der Waals surface area contributed by atoms with Gasteiger partial charge in [-0.2, -0.15) is 0 Å². The molecule has 2 heterocycles. The molecule has 0 fully saturated rings. The van der Waals surface area contributed by atoms with Crippen LogP contribution < -0.4 is 5.73 Å². The molecule has 0 saturated carbocycles. The number of hydrogen-bond acceptors (Lipinski definition) is 2. The Labute approximate surface area is 113 Å². The maximum atomic E-state index is 6.24. The molecular weight excluding hydrogens is 234 g/mol. The molecule has 3 nitrogen and oxygen atoms in total. The molecule has 19 heavy (non-hydrogen) atoms. The van der Waals surface area contributed by atoms with E-state index in [-0.39, 0.29) is 5.41 Å². The van der Waals surface area contributed by atoms with E-state index in [1.54, 1.807) is 0 Å². The summed E-state index contributed by atoms with van der Waals surface area (Å²) in [5.41, 5.74) is 8.36. The van der Waals surface area contributed by atoms with E-state index in [4.69, 9.17) is 10.7 Å². The number of aromatic nitrogens is 2. The summed E-state index contributed by atoms with van der Waals surface area (Å²) in [6.45, 7) is 6.61. The molecule has 0 aliphatic rings. The summed E-state index contributed by atoms with van der Waals surface area (Å²) in [6, 6.07) is 10.4. The second kappa shape index (κ2) is 3.98. The van der Waals surface area contributed by atoms with Gasteiger partial charge >= 0.3 is 0 Å². The van der Waals surface area contributed by atoms with Gasteiger partial charge in [-0.05, 0) is 23.3 Å². The van der Waals surface area contributed by atoms with Crippen LogP contribution in [-0.2, 0) is 6.42 Å². The van der Waals surface area contributed by atoms with Crippen molar-refractivity contribution in [3.8, 4) is 0 Å². The minimum absolute atomic E-state index is 0.182. The van der Waals surface area contributed by atoms with E-state index in [0.29, 0.717) is 0 Å². The topological polar surface area (TPSA) is 43.3 Å². The largest absolute Gasteiger partial charge is 0.383 e. The van der Waals surface area contributed by atoms with Crippen LogP contribution in [0.1, 0.15) is 26.5 Å². The summed E-state index contributed by atoms with van der Waals surface area (Å²) in [7, 11) is 0. The van der Waals surface area contributed by atoms with Gasteiger partial charge in [-0.3, -0.25) is 4.40 Å². The van der Waals surface area contributed by atoms with Gasteiger partial charge in [-0.15, -0.1) is 0 Å². The van der Waals surface area contributed by atoms with Crippen LogP contribution in [-0.4, -0.2) is 9.38 Å². The summed E-state index contributed by atoms with van der Waals surface area (Å²) >= 11 is 0. The number of hydrogen-bond donors (Lipinski definition) is 1. The van der Waals surface area contributed by atoms with Crippen LogP contribution in [0, 0.1) is 5.41 Å². The zero-order valence-electron chi connectivity index (χ0n) is 11.6. The molecular formula is C16H19N3. The van der Waals surface area contributed by atoms with Crippen molar-refractivity contribution < 1.29 is 0 Å². The van der Waals surface area contributed by atoms with Crippen molar-refractivity contribution >= 4 is 22.2 Å². The van der Waals surface area contributed by atoms with E-state index in [1.807, 2.05) is 22.7 Å². The fraction of sp³-hybridized carbons (Fsp3) is 0.312. The molecule has 0 saturated heterocycles. The van der Waals surface area contributed by atoms with Crippen molar-refractivity contribution in [1.82, 2.24) is 9.38 Å². The normalized spacial score (nSPS) is 12.4. The number of rotatable bonds is 1. The smallest absolute Gasteiger partial charge is 0.146 e. The van der Waals surface area contributed by atoms with Crippen LogP contribution >= 0.6 is 0 Å². The second-order valence-corrected chi connectivity index (χ2v) is 6.28. The number of benzene rings is 1. The lowest BCUT2D eigenvalue weighted by atomic mass is 9.90. The number of fused-ring (bicyclic) bond motifs is 3. The van der Waals surface area contributed by atoms with Crippen LogP contribution in [0.5, 0.6) is 0 Å². The molecule has 2 aromatic heterocycles. The number of nitrogens with two attached hydrogens (primary N) is 1. The van der Waals surface area contributed by atoms with Gasteiger partial charge in [0.05, 0.1) is 5.69 Å². The SMILES string of the molecule is CC(C)(C)Cc1nc2c3ccccc3ccn2c1N. The molecule has 0 amide bonds. The quantitative estimate of drug-likeness (QED) is 0.719. The lowest BCUT2D eigenvalue weighted by Crippen LogP contribution is -2.11. The first-order valence-electron chi connectivity index (χ1n) is 6.60. The highest BCUT2D eigenvalue weighted by Crippen LogP contribution is 2.27. The summed E-state index contributed by atoms with van der Waals surface area (Å²) < 4.78 is 1.99. The van der Waals surface area contributed by atoms with Gasteiger partial charge in [0.15, 0.2) is 0 Å². The first-order valence-corrected chi connectivity index (χ1v) is 6.60. The lowest BCUT2D eigenvalue weighted by Gasteiger charge is -2.16. The van der Waals surface area contributed by atoms with E-state index in [0.717, 1.165) is 29.0 Å². The molecule has 3 aromatic rings. The molecule has 98 valence electrons. The predicted molar refractivity (Wildman–Crippen MR) is 80.3 cm³/mol. The van der Waals surface area contributed by atoms with E-state index in [1.165, 1.54) is 5.39 Å². The Kier molecular flexibility index (Phi) is 2.52. The zero-order valence-corrected chi connectivity index (χ0v) is 11.6. The Balaban J connectivity index is 2.28. The Morgan fingerprint density at radius 1 is 1.16 bits per heavy atom. The highest BCUT2D eigenvalue weighted by molar-refractivity contribution is 5.94. The summed E-state index contributed by atoms with van der Waals surface area (Å²) in [4.78, 5) is 4.76. The van der Waals surface area contributed by atoms with E-state index in [2.05, 4.69) is 39.0 Å². The van der Waals surface area contributed by atoms with Gasteiger partial charge in [0.2, 0.25) is 0 Å². The van der Waals surface area contributed by atoms with Crippen molar-refractivity contribution in [1.29, 1.82) is 0 Å². The van der Waals surface area contributed by atoms with Gasteiger partial charge in [0, 0.05) is 11.6 Å². The number of pyridine rings is 1. The summed E-state index contributed by atoms with van der Waals surface area (Å²) in [5.74, 6) is 0.760. The van der Waals surface area contributed by atoms with Crippen molar-refractivity contribution in [3.63, 3.8) is 0 Å². The standard InChI is InChI=1S/C16H19N3/c1-16(2,3)10-13-14(17)19-9-8-11-6-4-5-7-12(11)15(19)18-13/h4-9H,10,17H2,1-3H3. The van der Waals surface area contributed by atoms with Crippen molar-refractivity contribution in [3.05, 3.63) is 42.2 Å². The average Bonchev–Trinajstić information content (AvgIpc) is 2.65. The average molecular weight is 253 g/mol. The van der Waals surface area contributed by atoms with Crippen LogP contribution in [0.4, 0.5) is 5.82 Å². The third-order valence-corrected chi connectivity index (χ3v) is 3.33. The van der Waals surface area contributed by atoms with Gasteiger partial charge < -0.3 is 5.73 Å². The Morgan fingerprint density at radius 2 is 1.89 bits per heavy atom. The first kappa shape index (κ1) is 12.0. The van der Waals surface area contributed by atoms with Crippen molar-refractivity contribution in [2.45, 2.75) is 27.2 Å². The molecule has 0 aliphatic carbocycles. The molecule has 3 heteroatoms. The summed E-state index contributed by atoms with van der Waals surface area (Å²) in [6.07, 6.45) is 2.89. The highest BCUT2D eigenvalue weighted by Gasteiger charge is 2.18. The molecule has 3 rings (SSSR count). The maximum Gasteiger partial charge on any atom is 0.146 e. The Hall–Kier alpha value is -2.03. The third-order valence-electron chi connectivity index (χ3n) is 3.33. The fourth-order valence-corrected chi connectivity index (χ4v) is 2.47. The van der Waals surface area contributed by atoms with Crippen molar-refractivity contribution in [2.75, 3.05) is 5.73 Å². The van der Waals surface area contributed by atoms with Gasteiger partial charge in [0.25, 0.3) is 0 Å². The third kappa shape index (κ3) is 2.05. The molecule has 0 aliphatic heterocycles. The Morgan fingerprint density at radius 3 is 2.63 bits per heavy atom. The zero-order chi connectivity index (χ0) is 13.6. The van der Waals surface area contributed by atoms with Gasteiger partial charge in [-0.1, -0.05) is 45.0 Å². The highest BCUT2D eigenvalue weighted by atomic mass is 15.1. The molecule has 2 N–H and O–H groups in total. The minimum Gasteiger partial charge on any atom is -0.383 e. The monoisotopic (exact) mass is 253 g/mol. The number of imidazole rings is 1. The predicted octanol–water partition coefficient (Wildman–Crippen LogP) is 3.66. The van der Waals surface area contributed by atoms with E-state index >= 15 is 0 Å². The molecule has 0 radical (unpaired) electrons. The molecule has 0 bridgehead atoms. The van der Waals surface area contributed by atoms with Crippen molar-refractivity contribution in [2.24, 2.45) is 5.41 Å². The number of anilines is 1. The van der Waals surface area contributed by atoms with Crippen LogP contribution in [0.15, 0.2) is 36.5 Å². The van der Waals surface area contributed by atoms with E-state index < -0.39 is 0 Å². The van der Waals surface area contributed by atoms with Crippen LogP contribution in [0.3, 0.4) is 0 Å². The lowest BCUT2D eigenvalue weighted by molar-refractivity contribution is 0.408. The molecule has 0 atom stereocenters. The van der Waals surface area contributed by atoms with E-state index in [9.17, 15) is 0 Å². The van der Waals surface area contributed by atoms with Crippen LogP contribution in [0.25, 0.3) is 16.4 Å². The second-order valence-electron chi connectivity index (χ2n) is 6.28. The molecule has 1 aromatic carbocycles. The van der Waals surface area contributed by atoms with Gasteiger partial charge in [-0.25, -0.2) is 4.98 Å². The first-order chi connectivity index (χ1) is 8.96. The minimum atomic E-state index is 0.182. The maximum absolute atomic E-state index is 6.24. The fourth-order valence-electron chi connectivity index (χ4n) is 2.47. The summed E-state index contributed by atoms with van der Waals surface area (Å²) in [5, 5.41) is 2.35. The van der Waals surface area contributed by atoms with Gasteiger partial charge in [0.1, 0.15) is 11.5 Å². The number of nitrogens with zero attached hydrogens (tertiary/aromatic N) is 2. The number of nitrogen functional groups attached to an aromatic ring is 1. The molecule has 0 spiro atoms.